The minimum absolute atomic E-state index is 0.00720. The molecule has 0 radical (unpaired) electrons. The lowest BCUT2D eigenvalue weighted by molar-refractivity contribution is -0.141. The Bertz CT molecular complexity index is 595. The molecule has 0 spiro atoms. The highest BCUT2D eigenvalue weighted by Gasteiger charge is 2.34. The first-order chi connectivity index (χ1) is 9.51. The minimum Gasteiger partial charge on any atom is -0.481 e. The second-order valence-electron chi connectivity index (χ2n) is 4.84. The van der Waals surface area contributed by atoms with E-state index in [1.807, 2.05) is 0 Å². The van der Waals surface area contributed by atoms with Crippen LogP contribution < -0.4 is 5.32 Å². The number of hydrogen-bond donors (Lipinski definition) is 2. The van der Waals surface area contributed by atoms with Gasteiger partial charge in [0.2, 0.25) is 5.91 Å². The molecule has 1 aromatic rings. The zero-order valence-corrected chi connectivity index (χ0v) is 10.6. The Labute approximate surface area is 115 Å². The Morgan fingerprint density at radius 1 is 1.35 bits per heavy atom. The predicted octanol–water partition coefficient (Wildman–Crippen LogP) is 2.14. The number of carboxylic acids is 1. The molecule has 2 atom stereocenters. The summed E-state index contributed by atoms with van der Waals surface area (Å²) in [5.41, 5.74) is 0.181. The van der Waals surface area contributed by atoms with Crippen LogP contribution >= 0.6 is 0 Å². The van der Waals surface area contributed by atoms with Gasteiger partial charge in [-0.2, -0.15) is 5.26 Å². The number of halogens is 1. The van der Waals surface area contributed by atoms with E-state index in [0.717, 1.165) is 6.07 Å². The molecule has 6 heteroatoms. The molecule has 5 nitrogen and oxygen atoms in total. The Morgan fingerprint density at radius 3 is 2.60 bits per heavy atom. The highest BCUT2D eigenvalue weighted by Crippen LogP contribution is 2.32. The number of amides is 1. The van der Waals surface area contributed by atoms with E-state index in [1.54, 1.807) is 6.07 Å². The number of nitrogens with zero attached hydrogens (tertiary/aromatic N) is 1. The average molecular weight is 276 g/mol. The first-order valence-electron chi connectivity index (χ1n) is 6.24. The van der Waals surface area contributed by atoms with E-state index < -0.39 is 23.6 Å². The van der Waals surface area contributed by atoms with Crippen LogP contribution in [0.2, 0.25) is 0 Å². The molecule has 2 rings (SSSR count). The van der Waals surface area contributed by atoms with Crippen LogP contribution in [0.1, 0.15) is 24.8 Å². The van der Waals surface area contributed by atoms with Crippen molar-refractivity contribution in [3.63, 3.8) is 0 Å². The molecule has 1 amide bonds. The molecule has 2 N–H and O–H groups in total. The molecule has 20 heavy (non-hydrogen) atoms. The van der Waals surface area contributed by atoms with Gasteiger partial charge in [0.1, 0.15) is 5.82 Å². The lowest BCUT2D eigenvalue weighted by Gasteiger charge is -2.11. The van der Waals surface area contributed by atoms with Crippen molar-refractivity contribution >= 4 is 17.6 Å². The van der Waals surface area contributed by atoms with Crippen molar-refractivity contribution in [2.24, 2.45) is 11.8 Å². The smallest absolute Gasteiger partial charge is 0.306 e. The van der Waals surface area contributed by atoms with Crippen molar-refractivity contribution < 1.29 is 19.1 Å². The number of nitrogens with one attached hydrogen (secondary N) is 1. The summed E-state index contributed by atoms with van der Waals surface area (Å²) < 4.78 is 13.6. The quantitative estimate of drug-likeness (QED) is 0.884. The topological polar surface area (TPSA) is 90.2 Å². The average Bonchev–Trinajstić information content (AvgIpc) is 2.91. The minimum atomic E-state index is -0.898. The Balaban J connectivity index is 2.02. The first-order valence-corrected chi connectivity index (χ1v) is 6.24. The molecule has 1 saturated carbocycles. The van der Waals surface area contributed by atoms with Crippen LogP contribution in [0.3, 0.4) is 0 Å². The van der Waals surface area contributed by atoms with Crippen molar-refractivity contribution in [3.05, 3.63) is 29.6 Å². The fraction of sp³-hybridized carbons (Fsp3) is 0.357. The monoisotopic (exact) mass is 276 g/mol. The molecule has 104 valence electrons. The van der Waals surface area contributed by atoms with Crippen molar-refractivity contribution in [2.45, 2.75) is 19.3 Å². The lowest BCUT2D eigenvalue weighted by atomic mass is 10.0. The van der Waals surface area contributed by atoms with Crippen LogP contribution in [0.5, 0.6) is 0 Å². The van der Waals surface area contributed by atoms with Crippen molar-refractivity contribution in [3.8, 4) is 6.07 Å². The van der Waals surface area contributed by atoms with Gasteiger partial charge in [-0.05, 0) is 37.5 Å². The zero-order chi connectivity index (χ0) is 14.7. The molecule has 0 saturated heterocycles. The van der Waals surface area contributed by atoms with Gasteiger partial charge in [0, 0.05) is 5.92 Å². The lowest BCUT2D eigenvalue weighted by Crippen LogP contribution is -2.22. The second-order valence-corrected chi connectivity index (χ2v) is 4.84. The first kappa shape index (κ1) is 14.0. The number of hydrogen-bond acceptors (Lipinski definition) is 3. The maximum atomic E-state index is 13.6. The van der Waals surface area contributed by atoms with Crippen LogP contribution in [-0.4, -0.2) is 17.0 Å². The fourth-order valence-electron chi connectivity index (χ4n) is 2.36. The van der Waals surface area contributed by atoms with E-state index in [0.29, 0.717) is 12.8 Å². The van der Waals surface area contributed by atoms with Gasteiger partial charge in [-0.25, -0.2) is 4.39 Å². The summed E-state index contributed by atoms with van der Waals surface area (Å²) in [4.78, 5) is 22.8. The summed E-state index contributed by atoms with van der Waals surface area (Å²) in [5.74, 6) is -2.87. The third-order valence-electron chi connectivity index (χ3n) is 3.51. The molecule has 0 bridgehead atoms. The molecule has 0 heterocycles. The van der Waals surface area contributed by atoms with Gasteiger partial charge < -0.3 is 10.4 Å². The summed E-state index contributed by atoms with van der Waals surface area (Å²) in [6.45, 7) is 0. The van der Waals surface area contributed by atoms with Gasteiger partial charge in [-0.1, -0.05) is 0 Å². The number of nitriles is 1. The molecule has 1 fully saturated rings. The largest absolute Gasteiger partial charge is 0.481 e. The van der Waals surface area contributed by atoms with E-state index in [2.05, 4.69) is 5.32 Å². The maximum Gasteiger partial charge on any atom is 0.306 e. The molecule has 1 aliphatic carbocycles. The summed E-state index contributed by atoms with van der Waals surface area (Å²) in [5, 5.41) is 20.0. The van der Waals surface area contributed by atoms with Gasteiger partial charge in [0.05, 0.1) is 23.2 Å². The summed E-state index contributed by atoms with van der Waals surface area (Å²) in [7, 11) is 0. The Hall–Kier alpha value is -2.42. The number of benzene rings is 1. The van der Waals surface area contributed by atoms with E-state index >= 15 is 0 Å². The molecule has 1 aromatic carbocycles. The van der Waals surface area contributed by atoms with Gasteiger partial charge in [0.25, 0.3) is 0 Å². The summed E-state index contributed by atoms with van der Waals surface area (Å²) in [6, 6.07) is 5.59. The fourth-order valence-corrected chi connectivity index (χ4v) is 2.36. The molecule has 0 aliphatic heterocycles. The number of anilines is 1. The van der Waals surface area contributed by atoms with Crippen LogP contribution in [0.4, 0.5) is 10.1 Å². The van der Waals surface area contributed by atoms with Gasteiger partial charge in [-0.15, -0.1) is 0 Å². The zero-order valence-electron chi connectivity index (χ0n) is 10.6. The predicted molar refractivity (Wildman–Crippen MR) is 68.2 cm³/mol. The van der Waals surface area contributed by atoms with Crippen LogP contribution in [0.25, 0.3) is 0 Å². The summed E-state index contributed by atoms with van der Waals surface area (Å²) in [6.07, 6.45) is 1.23. The van der Waals surface area contributed by atoms with E-state index in [-0.39, 0.29) is 23.6 Å². The Kier molecular flexibility index (Phi) is 3.99. The molecule has 0 unspecified atom stereocenters. The third-order valence-corrected chi connectivity index (χ3v) is 3.51. The molecule has 0 aromatic heterocycles. The second kappa shape index (κ2) is 5.70. The van der Waals surface area contributed by atoms with Crippen molar-refractivity contribution in [1.29, 1.82) is 5.26 Å². The highest BCUT2D eigenvalue weighted by atomic mass is 19.1. The highest BCUT2D eigenvalue weighted by molar-refractivity contribution is 5.93. The van der Waals surface area contributed by atoms with Gasteiger partial charge >= 0.3 is 5.97 Å². The normalized spacial score (nSPS) is 21.2. The number of aliphatic carboxylic acids is 1. The van der Waals surface area contributed by atoms with Gasteiger partial charge in [-0.3, -0.25) is 9.59 Å². The van der Waals surface area contributed by atoms with E-state index in [1.165, 1.54) is 12.1 Å². The number of carbonyl (C=O) groups excluding carboxylic acids is 1. The van der Waals surface area contributed by atoms with Crippen LogP contribution in [0.15, 0.2) is 18.2 Å². The standard InChI is InChI=1S/C14H13FN2O3/c15-11-5-8(7-16)1-4-12(11)17-13(18)9-2-3-10(6-9)14(19)20/h1,4-5,9-10H,2-3,6H2,(H,17,18)(H,19,20)/t9-,10+/m1/s1. The van der Waals surface area contributed by atoms with Crippen molar-refractivity contribution in [1.82, 2.24) is 0 Å². The summed E-state index contributed by atoms with van der Waals surface area (Å²) >= 11 is 0. The molecule has 1 aliphatic rings. The van der Waals surface area contributed by atoms with Crippen LogP contribution in [-0.2, 0) is 9.59 Å². The van der Waals surface area contributed by atoms with E-state index in [4.69, 9.17) is 10.4 Å². The molecular weight excluding hydrogens is 263 g/mol. The van der Waals surface area contributed by atoms with Crippen molar-refractivity contribution in [2.75, 3.05) is 5.32 Å². The number of rotatable bonds is 3. The van der Waals surface area contributed by atoms with Crippen LogP contribution in [0, 0.1) is 29.0 Å². The van der Waals surface area contributed by atoms with Gasteiger partial charge in [0.15, 0.2) is 0 Å². The maximum absolute atomic E-state index is 13.6. The SMILES string of the molecule is N#Cc1ccc(NC(=O)[C@@H]2CC[C@H](C(=O)O)C2)c(F)c1. The number of carbonyl (C=O) groups is 2. The van der Waals surface area contributed by atoms with E-state index in [9.17, 15) is 14.0 Å². The number of carboxylic acid groups (broad SMARTS) is 1. The third kappa shape index (κ3) is 2.94. The Morgan fingerprint density at radius 2 is 2.05 bits per heavy atom. The molecular formula is C14H13FN2O3.